The molecule has 4 nitrogen and oxygen atoms in total. The standard InChI is InChI=1S/C21H22ClNO3/c1-13-2-4-14(5-3-13)20(15-6-7-15)23-19(24)10-16-8-18(22)9-17-11-25-12-26-21(16)17/h2-5,8-9,15,20H,6-7,10-12H2,1H3,(H,23,24). The first-order chi connectivity index (χ1) is 12.6. The van der Waals surface area contributed by atoms with Gasteiger partial charge in [0.2, 0.25) is 5.91 Å². The SMILES string of the molecule is Cc1ccc(C(NC(=O)Cc2cc(Cl)cc3c2OCOC3)C2CC2)cc1. The molecule has 1 fully saturated rings. The lowest BCUT2D eigenvalue weighted by molar-refractivity contribution is -0.121. The van der Waals surface area contributed by atoms with E-state index in [1.807, 2.05) is 12.1 Å². The minimum absolute atomic E-state index is 0.0120. The van der Waals surface area contributed by atoms with Crippen LogP contribution < -0.4 is 10.1 Å². The van der Waals surface area contributed by atoms with Gasteiger partial charge in [-0.25, -0.2) is 0 Å². The molecule has 2 aromatic rings. The lowest BCUT2D eigenvalue weighted by Crippen LogP contribution is -2.31. The number of aryl methyl sites for hydroxylation is 1. The van der Waals surface area contributed by atoms with Crippen molar-refractivity contribution in [1.29, 1.82) is 0 Å². The molecule has 1 aliphatic heterocycles. The van der Waals surface area contributed by atoms with Gasteiger partial charge in [-0.2, -0.15) is 0 Å². The second-order valence-electron chi connectivity index (χ2n) is 7.13. The van der Waals surface area contributed by atoms with Gasteiger partial charge < -0.3 is 14.8 Å². The average molecular weight is 372 g/mol. The van der Waals surface area contributed by atoms with Gasteiger partial charge in [0.15, 0.2) is 6.79 Å². The summed E-state index contributed by atoms with van der Waals surface area (Å²) in [6.45, 7) is 2.73. The number of nitrogens with one attached hydrogen (secondary N) is 1. The Morgan fingerprint density at radius 2 is 2.04 bits per heavy atom. The molecule has 1 atom stereocenters. The van der Waals surface area contributed by atoms with Crippen LogP contribution >= 0.6 is 11.6 Å². The summed E-state index contributed by atoms with van der Waals surface area (Å²) in [7, 11) is 0. The topological polar surface area (TPSA) is 47.6 Å². The lowest BCUT2D eigenvalue weighted by Gasteiger charge is -2.22. The molecule has 1 saturated carbocycles. The van der Waals surface area contributed by atoms with Gasteiger partial charge >= 0.3 is 0 Å². The summed E-state index contributed by atoms with van der Waals surface area (Å²) in [5.74, 6) is 1.25. The zero-order valence-electron chi connectivity index (χ0n) is 14.8. The second-order valence-corrected chi connectivity index (χ2v) is 7.57. The van der Waals surface area contributed by atoms with Crippen molar-refractivity contribution in [3.05, 3.63) is 63.7 Å². The maximum Gasteiger partial charge on any atom is 0.225 e. The molecule has 0 bridgehead atoms. The molecule has 5 heteroatoms. The summed E-state index contributed by atoms with van der Waals surface area (Å²) in [5, 5.41) is 3.82. The summed E-state index contributed by atoms with van der Waals surface area (Å²) >= 11 is 6.20. The highest BCUT2D eigenvalue weighted by Crippen LogP contribution is 2.41. The Morgan fingerprint density at radius 3 is 2.77 bits per heavy atom. The molecule has 1 aliphatic carbocycles. The minimum atomic E-state index is -0.0120. The van der Waals surface area contributed by atoms with Gasteiger partial charge in [0.05, 0.1) is 19.1 Å². The van der Waals surface area contributed by atoms with E-state index < -0.39 is 0 Å². The molecule has 0 radical (unpaired) electrons. The largest absolute Gasteiger partial charge is 0.467 e. The van der Waals surface area contributed by atoms with E-state index in [1.54, 1.807) is 0 Å². The molecular formula is C21H22ClNO3. The first kappa shape index (κ1) is 17.4. The third kappa shape index (κ3) is 3.87. The van der Waals surface area contributed by atoms with Crippen LogP contribution in [0.1, 0.15) is 41.1 Å². The molecule has 136 valence electrons. The van der Waals surface area contributed by atoms with Crippen LogP contribution in [0.4, 0.5) is 0 Å². The molecule has 1 amide bonds. The monoisotopic (exact) mass is 371 g/mol. The third-order valence-corrected chi connectivity index (χ3v) is 5.17. The molecule has 4 rings (SSSR count). The van der Waals surface area contributed by atoms with Crippen molar-refractivity contribution < 1.29 is 14.3 Å². The van der Waals surface area contributed by atoms with E-state index in [9.17, 15) is 4.79 Å². The number of hydrogen-bond acceptors (Lipinski definition) is 3. The van der Waals surface area contributed by atoms with Gasteiger partial charge in [-0.05, 0) is 43.4 Å². The predicted octanol–water partition coefficient (Wildman–Crippen LogP) is 4.32. The van der Waals surface area contributed by atoms with Gasteiger partial charge in [-0.1, -0.05) is 41.4 Å². The van der Waals surface area contributed by atoms with E-state index in [2.05, 4.69) is 36.5 Å². The van der Waals surface area contributed by atoms with Crippen molar-refractivity contribution in [2.24, 2.45) is 5.92 Å². The van der Waals surface area contributed by atoms with E-state index >= 15 is 0 Å². The molecule has 0 saturated heterocycles. The Kier molecular flexibility index (Phi) is 4.88. The summed E-state index contributed by atoms with van der Waals surface area (Å²) < 4.78 is 10.9. The molecule has 2 aliphatic rings. The Balaban J connectivity index is 1.51. The fraction of sp³-hybridized carbons (Fsp3) is 0.381. The van der Waals surface area contributed by atoms with Crippen LogP contribution in [0.2, 0.25) is 5.02 Å². The number of fused-ring (bicyclic) bond motifs is 1. The maximum atomic E-state index is 12.8. The van der Waals surface area contributed by atoms with Crippen LogP contribution in [0.5, 0.6) is 5.75 Å². The Labute approximate surface area is 158 Å². The van der Waals surface area contributed by atoms with Crippen LogP contribution in [0.3, 0.4) is 0 Å². The van der Waals surface area contributed by atoms with Crippen LogP contribution in [0.25, 0.3) is 0 Å². The fourth-order valence-corrected chi connectivity index (χ4v) is 3.73. The van der Waals surface area contributed by atoms with Crippen molar-refractivity contribution in [1.82, 2.24) is 5.32 Å². The van der Waals surface area contributed by atoms with Gasteiger partial charge in [-0.15, -0.1) is 0 Å². The normalized spacial score (nSPS) is 17.2. The van der Waals surface area contributed by atoms with E-state index in [1.165, 1.54) is 11.1 Å². The van der Waals surface area contributed by atoms with Crippen molar-refractivity contribution >= 4 is 17.5 Å². The van der Waals surface area contributed by atoms with Crippen LogP contribution in [-0.2, 0) is 22.6 Å². The van der Waals surface area contributed by atoms with Gasteiger partial charge in [0, 0.05) is 16.1 Å². The molecule has 0 spiro atoms. The Hall–Kier alpha value is -2.04. The molecule has 2 aromatic carbocycles. The molecular weight excluding hydrogens is 350 g/mol. The predicted molar refractivity (Wildman–Crippen MR) is 100 cm³/mol. The quantitative estimate of drug-likeness (QED) is 0.851. The van der Waals surface area contributed by atoms with Crippen LogP contribution in [-0.4, -0.2) is 12.7 Å². The molecule has 1 unspecified atom stereocenters. The fourth-order valence-electron chi connectivity index (χ4n) is 3.46. The number of carbonyl (C=O) groups is 1. The number of ether oxygens (including phenoxy) is 2. The zero-order chi connectivity index (χ0) is 18.1. The molecule has 1 N–H and O–H groups in total. The molecule has 0 aromatic heterocycles. The first-order valence-corrected chi connectivity index (χ1v) is 9.36. The summed E-state index contributed by atoms with van der Waals surface area (Å²) in [5.41, 5.74) is 4.10. The van der Waals surface area contributed by atoms with Crippen LogP contribution in [0, 0.1) is 12.8 Å². The van der Waals surface area contributed by atoms with E-state index in [0.717, 1.165) is 29.7 Å². The molecule has 1 heterocycles. The minimum Gasteiger partial charge on any atom is -0.467 e. The summed E-state index contributed by atoms with van der Waals surface area (Å²) in [4.78, 5) is 12.8. The van der Waals surface area contributed by atoms with E-state index in [4.69, 9.17) is 21.1 Å². The number of hydrogen-bond donors (Lipinski definition) is 1. The highest BCUT2D eigenvalue weighted by molar-refractivity contribution is 6.30. The first-order valence-electron chi connectivity index (χ1n) is 8.98. The summed E-state index contributed by atoms with van der Waals surface area (Å²) in [6, 6.07) is 12.1. The zero-order valence-corrected chi connectivity index (χ0v) is 15.5. The van der Waals surface area contributed by atoms with Crippen molar-refractivity contribution in [3.8, 4) is 5.75 Å². The number of rotatable bonds is 5. The van der Waals surface area contributed by atoms with Crippen molar-refractivity contribution in [3.63, 3.8) is 0 Å². The number of benzene rings is 2. The number of carbonyl (C=O) groups excluding carboxylic acids is 1. The summed E-state index contributed by atoms with van der Waals surface area (Å²) in [6.07, 6.45) is 2.57. The highest BCUT2D eigenvalue weighted by atomic mass is 35.5. The van der Waals surface area contributed by atoms with E-state index in [0.29, 0.717) is 17.5 Å². The third-order valence-electron chi connectivity index (χ3n) is 4.95. The van der Waals surface area contributed by atoms with Gasteiger partial charge in [0.1, 0.15) is 5.75 Å². The number of halogens is 1. The van der Waals surface area contributed by atoms with Crippen molar-refractivity contribution in [2.45, 2.75) is 38.8 Å². The maximum absolute atomic E-state index is 12.8. The average Bonchev–Trinajstić information content (AvgIpc) is 3.45. The lowest BCUT2D eigenvalue weighted by atomic mass is 10.00. The Bertz CT molecular complexity index is 815. The van der Waals surface area contributed by atoms with Gasteiger partial charge in [-0.3, -0.25) is 4.79 Å². The van der Waals surface area contributed by atoms with Crippen LogP contribution in [0.15, 0.2) is 36.4 Å². The number of amides is 1. The Morgan fingerprint density at radius 1 is 1.27 bits per heavy atom. The smallest absolute Gasteiger partial charge is 0.225 e. The van der Waals surface area contributed by atoms with Gasteiger partial charge in [0.25, 0.3) is 0 Å². The highest BCUT2D eigenvalue weighted by Gasteiger charge is 2.33. The van der Waals surface area contributed by atoms with E-state index in [-0.39, 0.29) is 25.2 Å². The molecule has 26 heavy (non-hydrogen) atoms. The second kappa shape index (κ2) is 7.29. The van der Waals surface area contributed by atoms with Crippen molar-refractivity contribution in [2.75, 3.05) is 6.79 Å².